The minimum Gasteiger partial charge on any atom is -0.308 e. The van der Waals surface area contributed by atoms with Crippen LogP contribution < -0.4 is 5.32 Å². The molecule has 0 bridgehead atoms. The predicted octanol–water partition coefficient (Wildman–Crippen LogP) is 4.77. The molecule has 1 nitrogen and oxygen atoms in total. The average Bonchev–Trinajstić information content (AvgIpc) is 2.16. The van der Waals surface area contributed by atoms with Gasteiger partial charge in [0.15, 0.2) is 0 Å². The van der Waals surface area contributed by atoms with Crippen molar-refractivity contribution in [3.05, 3.63) is 33.3 Å². The number of nitrogens with one attached hydrogen (secondary N) is 1. The van der Waals surface area contributed by atoms with Crippen LogP contribution in [0.2, 0.25) is 5.02 Å². The van der Waals surface area contributed by atoms with Crippen LogP contribution in [-0.4, -0.2) is 5.54 Å². The third kappa shape index (κ3) is 4.44. The standard InChI is InChI=1S/C13H19BrClN/c1-4-7-13(2,3)16-9-10-5-6-11(15)8-12(10)14/h5-6,8,16H,4,7,9H2,1-3H3. The second-order valence-corrected chi connectivity index (χ2v) is 6.01. The van der Waals surface area contributed by atoms with E-state index in [0.717, 1.165) is 16.0 Å². The molecule has 1 N–H and O–H groups in total. The van der Waals surface area contributed by atoms with E-state index in [1.165, 1.54) is 18.4 Å². The van der Waals surface area contributed by atoms with E-state index in [2.05, 4.69) is 48.1 Å². The Bertz CT molecular complexity index is 350. The smallest absolute Gasteiger partial charge is 0.0417 e. The van der Waals surface area contributed by atoms with Crippen LogP contribution in [-0.2, 0) is 6.54 Å². The first kappa shape index (κ1) is 14.0. The van der Waals surface area contributed by atoms with Gasteiger partial charge in [0.05, 0.1) is 0 Å². The Morgan fingerprint density at radius 1 is 1.38 bits per heavy atom. The van der Waals surface area contributed by atoms with E-state index < -0.39 is 0 Å². The zero-order valence-electron chi connectivity index (χ0n) is 10.1. The summed E-state index contributed by atoms with van der Waals surface area (Å²) in [7, 11) is 0. The Hall–Kier alpha value is -0.0500. The van der Waals surface area contributed by atoms with E-state index in [4.69, 9.17) is 11.6 Å². The Balaban J connectivity index is 2.61. The predicted molar refractivity (Wildman–Crippen MR) is 75.0 cm³/mol. The normalized spacial score (nSPS) is 11.8. The minimum absolute atomic E-state index is 0.188. The molecule has 0 aromatic heterocycles. The fourth-order valence-electron chi connectivity index (χ4n) is 1.71. The van der Waals surface area contributed by atoms with Crippen molar-refractivity contribution >= 4 is 27.5 Å². The summed E-state index contributed by atoms with van der Waals surface area (Å²) < 4.78 is 1.07. The van der Waals surface area contributed by atoms with Gasteiger partial charge < -0.3 is 5.32 Å². The molecule has 90 valence electrons. The van der Waals surface area contributed by atoms with Crippen molar-refractivity contribution in [2.75, 3.05) is 0 Å². The molecule has 16 heavy (non-hydrogen) atoms. The van der Waals surface area contributed by atoms with E-state index in [9.17, 15) is 0 Å². The van der Waals surface area contributed by atoms with Gasteiger partial charge in [0, 0.05) is 21.6 Å². The van der Waals surface area contributed by atoms with E-state index in [-0.39, 0.29) is 5.54 Å². The lowest BCUT2D eigenvalue weighted by molar-refractivity contribution is 0.356. The molecule has 0 atom stereocenters. The summed E-state index contributed by atoms with van der Waals surface area (Å²) in [4.78, 5) is 0. The van der Waals surface area contributed by atoms with Gasteiger partial charge in [-0.15, -0.1) is 0 Å². The second-order valence-electron chi connectivity index (χ2n) is 4.72. The first-order valence-corrected chi connectivity index (χ1v) is 6.80. The molecule has 1 rings (SSSR count). The number of benzene rings is 1. The topological polar surface area (TPSA) is 12.0 Å². The fraction of sp³-hybridized carbons (Fsp3) is 0.538. The van der Waals surface area contributed by atoms with Gasteiger partial charge in [-0.3, -0.25) is 0 Å². The second kappa shape index (κ2) is 6.04. The van der Waals surface area contributed by atoms with Crippen molar-refractivity contribution in [2.24, 2.45) is 0 Å². The zero-order valence-corrected chi connectivity index (χ0v) is 12.5. The highest BCUT2D eigenvalue weighted by Gasteiger charge is 2.15. The first-order chi connectivity index (χ1) is 7.44. The summed E-state index contributed by atoms with van der Waals surface area (Å²) in [6.45, 7) is 7.55. The molecule has 1 aromatic carbocycles. The molecule has 0 radical (unpaired) electrons. The SMILES string of the molecule is CCCC(C)(C)NCc1ccc(Cl)cc1Br. The molecule has 1 aromatic rings. The van der Waals surface area contributed by atoms with Crippen LogP contribution in [0.5, 0.6) is 0 Å². The highest BCUT2D eigenvalue weighted by atomic mass is 79.9. The highest BCUT2D eigenvalue weighted by Crippen LogP contribution is 2.22. The summed E-state index contributed by atoms with van der Waals surface area (Å²) in [5, 5.41) is 4.33. The molecule has 0 unspecified atom stereocenters. The maximum Gasteiger partial charge on any atom is 0.0417 e. The molecule has 0 fully saturated rings. The Morgan fingerprint density at radius 2 is 2.06 bits per heavy atom. The van der Waals surface area contributed by atoms with E-state index in [0.29, 0.717) is 0 Å². The number of rotatable bonds is 5. The van der Waals surface area contributed by atoms with Gasteiger partial charge in [0.1, 0.15) is 0 Å². The fourth-order valence-corrected chi connectivity index (χ4v) is 2.54. The summed E-state index contributed by atoms with van der Waals surface area (Å²) in [6, 6.07) is 5.92. The van der Waals surface area contributed by atoms with Gasteiger partial charge in [0.2, 0.25) is 0 Å². The summed E-state index contributed by atoms with van der Waals surface area (Å²) in [5.74, 6) is 0. The largest absolute Gasteiger partial charge is 0.308 e. The zero-order chi connectivity index (χ0) is 12.2. The van der Waals surface area contributed by atoms with Crippen molar-refractivity contribution in [3.63, 3.8) is 0 Å². The van der Waals surface area contributed by atoms with Crippen LogP contribution >= 0.6 is 27.5 Å². The van der Waals surface area contributed by atoms with Gasteiger partial charge in [-0.05, 0) is 38.0 Å². The monoisotopic (exact) mass is 303 g/mol. The molecular formula is C13H19BrClN. The van der Waals surface area contributed by atoms with Gasteiger partial charge in [-0.2, -0.15) is 0 Å². The summed E-state index contributed by atoms with van der Waals surface area (Å²) >= 11 is 9.44. The molecule has 0 amide bonds. The lowest BCUT2D eigenvalue weighted by Gasteiger charge is -2.26. The maximum absolute atomic E-state index is 5.91. The lowest BCUT2D eigenvalue weighted by Crippen LogP contribution is -2.38. The quantitative estimate of drug-likeness (QED) is 0.826. The van der Waals surface area contributed by atoms with Crippen LogP contribution in [0.25, 0.3) is 0 Å². The molecule has 0 aliphatic rings. The Kier molecular flexibility index (Phi) is 5.29. The van der Waals surface area contributed by atoms with Crippen molar-refractivity contribution in [1.29, 1.82) is 0 Å². The van der Waals surface area contributed by atoms with Gasteiger partial charge >= 0.3 is 0 Å². The van der Waals surface area contributed by atoms with Crippen molar-refractivity contribution < 1.29 is 0 Å². The third-order valence-corrected chi connectivity index (χ3v) is 3.62. The summed E-state index contributed by atoms with van der Waals surface area (Å²) in [5.41, 5.74) is 1.43. The van der Waals surface area contributed by atoms with Gasteiger partial charge in [-0.1, -0.05) is 46.9 Å². The summed E-state index contributed by atoms with van der Waals surface area (Å²) in [6.07, 6.45) is 2.37. The molecule has 0 heterocycles. The van der Waals surface area contributed by atoms with Crippen molar-refractivity contribution in [3.8, 4) is 0 Å². The van der Waals surface area contributed by atoms with E-state index >= 15 is 0 Å². The minimum atomic E-state index is 0.188. The van der Waals surface area contributed by atoms with Crippen molar-refractivity contribution in [2.45, 2.75) is 45.7 Å². The van der Waals surface area contributed by atoms with Crippen LogP contribution in [0.15, 0.2) is 22.7 Å². The molecule has 0 saturated carbocycles. The molecule has 0 aliphatic carbocycles. The van der Waals surface area contributed by atoms with Crippen LogP contribution in [0.3, 0.4) is 0 Å². The lowest BCUT2D eigenvalue weighted by atomic mass is 9.98. The van der Waals surface area contributed by atoms with Gasteiger partial charge in [-0.25, -0.2) is 0 Å². The molecular weight excluding hydrogens is 286 g/mol. The third-order valence-electron chi connectivity index (χ3n) is 2.65. The molecule has 0 aliphatic heterocycles. The van der Waals surface area contributed by atoms with E-state index in [1.54, 1.807) is 0 Å². The van der Waals surface area contributed by atoms with Crippen molar-refractivity contribution in [1.82, 2.24) is 5.32 Å². The molecule has 3 heteroatoms. The van der Waals surface area contributed by atoms with Crippen LogP contribution in [0.1, 0.15) is 39.2 Å². The van der Waals surface area contributed by atoms with Gasteiger partial charge in [0.25, 0.3) is 0 Å². The number of hydrogen-bond donors (Lipinski definition) is 1. The molecule has 0 spiro atoms. The average molecular weight is 305 g/mol. The first-order valence-electron chi connectivity index (χ1n) is 5.63. The highest BCUT2D eigenvalue weighted by molar-refractivity contribution is 9.10. The number of halogens is 2. The number of hydrogen-bond acceptors (Lipinski definition) is 1. The van der Waals surface area contributed by atoms with Crippen LogP contribution in [0.4, 0.5) is 0 Å². The Morgan fingerprint density at radius 3 is 2.62 bits per heavy atom. The Labute approximate surface area is 112 Å². The maximum atomic E-state index is 5.91. The van der Waals surface area contributed by atoms with Crippen LogP contribution in [0, 0.1) is 0 Å². The van der Waals surface area contributed by atoms with E-state index in [1.807, 2.05) is 12.1 Å². The molecule has 0 saturated heterocycles.